The summed E-state index contributed by atoms with van der Waals surface area (Å²) in [5.74, 6) is 0.192. The third kappa shape index (κ3) is 8.23. The minimum absolute atomic E-state index is 0.00472. The number of nitrogens with zero attached hydrogens (tertiary/aromatic N) is 4. The molecule has 300 valence electrons. The minimum Gasteiger partial charge on any atom is -0.490 e. The van der Waals surface area contributed by atoms with Crippen LogP contribution >= 0.6 is 11.6 Å². The molecule has 0 radical (unpaired) electrons. The summed E-state index contributed by atoms with van der Waals surface area (Å²) in [4.78, 5) is 35.9. The zero-order chi connectivity index (χ0) is 39.0. The monoisotopic (exact) mass is 797 g/mol. The molecule has 2 bridgehead atoms. The lowest BCUT2D eigenvalue weighted by Gasteiger charge is -2.46. The van der Waals surface area contributed by atoms with Gasteiger partial charge in [0.05, 0.1) is 29.3 Å². The first-order valence-electron chi connectivity index (χ1n) is 19.8. The molecule has 0 aromatic heterocycles. The van der Waals surface area contributed by atoms with E-state index in [0.717, 1.165) is 51.7 Å². The zero-order valence-corrected chi connectivity index (χ0v) is 34.2. The maximum atomic E-state index is 13.9. The molecule has 5 aliphatic rings. The number of fused-ring (bicyclic) bond motifs is 4. The second-order valence-corrected chi connectivity index (χ2v) is 18.5. The molecule has 14 heteroatoms. The first kappa shape index (κ1) is 39.9. The Bertz CT molecular complexity index is 1880. The van der Waals surface area contributed by atoms with Crippen molar-refractivity contribution in [1.82, 2.24) is 19.4 Å². The Labute approximate surface area is 331 Å². The number of methoxy groups -OCH3 is 1. The van der Waals surface area contributed by atoms with Crippen molar-refractivity contribution in [2.45, 2.75) is 74.8 Å². The average Bonchev–Trinajstić information content (AvgIpc) is 3.30. The van der Waals surface area contributed by atoms with Gasteiger partial charge in [0.1, 0.15) is 11.9 Å². The molecule has 3 aliphatic heterocycles. The van der Waals surface area contributed by atoms with E-state index in [4.69, 9.17) is 25.8 Å². The number of benzene rings is 2. The molecule has 0 unspecified atom stereocenters. The predicted octanol–water partition coefficient (Wildman–Crippen LogP) is 5.08. The average molecular weight is 798 g/mol. The second kappa shape index (κ2) is 16.2. The summed E-state index contributed by atoms with van der Waals surface area (Å²) in [7, 11) is -2.53. The number of piperazine rings is 1. The van der Waals surface area contributed by atoms with Crippen LogP contribution in [0.1, 0.15) is 57.6 Å². The number of halogens is 1. The molecule has 12 nitrogen and oxygen atoms in total. The van der Waals surface area contributed by atoms with Crippen LogP contribution in [0, 0.1) is 11.8 Å². The van der Waals surface area contributed by atoms with Crippen molar-refractivity contribution in [1.29, 1.82) is 0 Å². The normalized spacial score (nSPS) is 28.8. The smallest absolute Gasteiger partial charge is 0.410 e. The highest BCUT2D eigenvalue weighted by Crippen LogP contribution is 2.47. The van der Waals surface area contributed by atoms with Crippen LogP contribution in [0.4, 0.5) is 10.5 Å². The molecule has 7 rings (SSSR count). The van der Waals surface area contributed by atoms with Gasteiger partial charge in [-0.2, -0.15) is 0 Å². The summed E-state index contributed by atoms with van der Waals surface area (Å²) in [5.41, 5.74) is 1.59. The lowest BCUT2D eigenvalue weighted by atomic mass is 9.68. The minimum atomic E-state index is -4.23. The number of hydrogen-bond donors (Lipinski definition) is 1. The van der Waals surface area contributed by atoms with Gasteiger partial charge in [0, 0.05) is 75.8 Å². The molecule has 55 heavy (non-hydrogen) atoms. The lowest BCUT2D eigenvalue weighted by molar-refractivity contribution is -0.129. The molecule has 1 saturated heterocycles. The van der Waals surface area contributed by atoms with Crippen LogP contribution in [0.25, 0.3) is 0 Å². The van der Waals surface area contributed by atoms with E-state index in [9.17, 15) is 18.0 Å². The van der Waals surface area contributed by atoms with Gasteiger partial charge < -0.3 is 24.0 Å². The van der Waals surface area contributed by atoms with Crippen molar-refractivity contribution >= 4 is 39.3 Å². The second-order valence-electron chi connectivity index (χ2n) is 16.4. The van der Waals surface area contributed by atoms with E-state index in [2.05, 4.69) is 26.7 Å². The number of sulfonamides is 1. The van der Waals surface area contributed by atoms with Crippen LogP contribution in [0.15, 0.2) is 53.4 Å². The fraction of sp³-hybridized carbons (Fsp3) is 0.610. The third-order valence-electron chi connectivity index (χ3n) is 12.8. The van der Waals surface area contributed by atoms with Crippen LogP contribution in [0.3, 0.4) is 0 Å². The summed E-state index contributed by atoms with van der Waals surface area (Å²) in [5, 5.41) is 0.708. The molecule has 3 heterocycles. The van der Waals surface area contributed by atoms with Crippen molar-refractivity contribution in [2.75, 3.05) is 84.1 Å². The van der Waals surface area contributed by atoms with Gasteiger partial charge in [-0.3, -0.25) is 14.6 Å². The number of ether oxygens (including phenoxy) is 3. The summed E-state index contributed by atoms with van der Waals surface area (Å²) < 4.78 is 48.5. The van der Waals surface area contributed by atoms with Gasteiger partial charge in [0.2, 0.25) is 0 Å². The van der Waals surface area contributed by atoms with E-state index in [1.54, 1.807) is 38.0 Å². The molecule has 2 aromatic carbocycles. The van der Waals surface area contributed by atoms with Crippen molar-refractivity contribution < 1.29 is 32.2 Å². The highest BCUT2D eigenvalue weighted by Gasteiger charge is 2.46. The fourth-order valence-electron chi connectivity index (χ4n) is 9.16. The molecule has 2 amide bonds. The van der Waals surface area contributed by atoms with E-state index in [1.807, 2.05) is 30.0 Å². The van der Waals surface area contributed by atoms with Gasteiger partial charge >= 0.3 is 6.09 Å². The van der Waals surface area contributed by atoms with Crippen LogP contribution in [-0.2, 0) is 36.1 Å². The maximum Gasteiger partial charge on any atom is 0.410 e. The summed E-state index contributed by atoms with van der Waals surface area (Å²) in [6.45, 7) is 12.1. The van der Waals surface area contributed by atoms with Crippen molar-refractivity contribution in [2.24, 2.45) is 11.8 Å². The van der Waals surface area contributed by atoms with Crippen LogP contribution in [0.2, 0.25) is 5.02 Å². The van der Waals surface area contributed by atoms with E-state index in [0.29, 0.717) is 68.9 Å². The largest absolute Gasteiger partial charge is 0.490 e. The molecule has 2 aliphatic carbocycles. The van der Waals surface area contributed by atoms with Gasteiger partial charge in [0.25, 0.3) is 15.9 Å². The van der Waals surface area contributed by atoms with Gasteiger partial charge in [0.15, 0.2) is 0 Å². The number of carbonyl (C=O) groups excluding carboxylic acids is 2. The fourth-order valence-corrected chi connectivity index (χ4v) is 10.5. The molecular weight excluding hydrogens is 742 g/mol. The molecule has 1 spiro atoms. The topological polar surface area (TPSA) is 121 Å². The Morgan fingerprint density at radius 1 is 1.09 bits per heavy atom. The van der Waals surface area contributed by atoms with E-state index < -0.39 is 27.6 Å². The Hall–Kier alpha value is -3.36. The molecule has 2 aromatic rings. The highest BCUT2D eigenvalue weighted by molar-refractivity contribution is 7.90. The SMILES string of the molecule is CCN1C/C=C/[C@H](OC(=O)N2CCN(CCOC)CC2)[C@@H]2CC[C@H]2CN2C[C@@]3(CCCc4cc(Cl)ccc43)COc3ccc(cc32)S(=O)(=O)NC(=O)C1(C)C. The number of aryl methyl sites for hydroxylation is 1. The number of rotatable bonds is 5. The van der Waals surface area contributed by atoms with Crippen molar-refractivity contribution in [3.63, 3.8) is 0 Å². The van der Waals surface area contributed by atoms with Gasteiger partial charge in [-0.05, 0) is 106 Å². The quantitative estimate of drug-likeness (QED) is 0.410. The van der Waals surface area contributed by atoms with E-state index >= 15 is 0 Å². The number of nitrogens with one attached hydrogen (secondary N) is 1. The molecule has 1 N–H and O–H groups in total. The molecule has 1 saturated carbocycles. The molecule has 4 atom stereocenters. The van der Waals surface area contributed by atoms with Crippen molar-refractivity contribution in [3.05, 3.63) is 64.7 Å². The maximum absolute atomic E-state index is 13.9. The number of carbonyl (C=O) groups is 2. The standard InChI is InChI=1S/C41H56ClN5O7S/c1-5-47-17-7-9-36(54-39(49)45-20-18-44(19-21-45)22-23-52-4)33-13-10-30(33)26-46-27-41(16-6-8-29-24-31(42)11-14-34(29)41)28-53-37-15-12-32(25-35(37)46)55(50,51)43-38(48)40(47,2)3/h7,9,11-12,14-15,24-25,30,33,36H,5-6,8,10,13,16-23,26-28H2,1-4H3,(H,43,48)/b9-7+/t30-,33+,36-,41-/m0/s1. The number of hydrogen-bond acceptors (Lipinski definition) is 10. The molecular formula is C41H56ClN5O7S. The number of likely N-dealkylation sites (N-methyl/N-ethyl adjacent to an activating group) is 1. The Kier molecular flexibility index (Phi) is 11.8. The first-order chi connectivity index (χ1) is 26.3. The molecule has 2 fully saturated rings. The van der Waals surface area contributed by atoms with Crippen molar-refractivity contribution in [3.8, 4) is 5.75 Å². The van der Waals surface area contributed by atoms with E-state index in [1.165, 1.54) is 17.2 Å². The Balaban J connectivity index is 1.24. The lowest BCUT2D eigenvalue weighted by Crippen LogP contribution is -2.56. The summed E-state index contributed by atoms with van der Waals surface area (Å²) in [6, 6.07) is 11.0. The Morgan fingerprint density at radius 3 is 2.62 bits per heavy atom. The Morgan fingerprint density at radius 2 is 1.89 bits per heavy atom. The van der Waals surface area contributed by atoms with Gasteiger partial charge in [-0.15, -0.1) is 0 Å². The number of amides is 2. The van der Waals surface area contributed by atoms with Crippen LogP contribution in [-0.4, -0.2) is 126 Å². The third-order valence-corrected chi connectivity index (χ3v) is 14.3. The summed E-state index contributed by atoms with van der Waals surface area (Å²) >= 11 is 6.48. The summed E-state index contributed by atoms with van der Waals surface area (Å²) in [6.07, 6.45) is 7.83. The number of anilines is 1. The van der Waals surface area contributed by atoms with Gasteiger partial charge in [-0.1, -0.05) is 30.7 Å². The predicted molar refractivity (Wildman–Crippen MR) is 212 cm³/mol. The van der Waals surface area contributed by atoms with Crippen LogP contribution in [0.5, 0.6) is 5.75 Å². The van der Waals surface area contributed by atoms with Gasteiger partial charge in [-0.25, -0.2) is 17.9 Å². The van der Waals surface area contributed by atoms with Crippen LogP contribution < -0.4 is 14.4 Å². The zero-order valence-electron chi connectivity index (χ0n) is 32.6. The first-order valence-corrected chi connectivity index (χ1v) is 21.7. The highest BCUT2D eigenvalue weighted by atomic mass is 35.5. The van der Waals surface area contributed by atoms with E-state index in [-0.39, 0.29) is 28.2 Å².